The van der Waals surface area contributed by atoms with E-state index in [4.69, 9.17) is 4.74 Å². The molecular formula is C15H14BrNO4. The summed E-state index contributed by atoms with van der Waals surface area (Å²) in [7, 11) is 0. The van der Waals surface area contributed by atoms with Crippen LogP contribution in [0.25, 0.3) is 0 Å². The maximum Gasteiger partial charge on any atom is 0.273 e. The molecule has 1 N–H and O–H groups in total. The van der Waals surface area contributed by atoms with Gasteiger partial charge in [-0.2, -0.15) is 0 Å². The highest BCUT2D eigenvalue weighted by Crippen LogP contribution is 2.28. The van der Waals surface area contributed by atoms with Crippen molar-refractivity contribution in [2.75, 3.05) is 5.33 Å². The smallest absolute Gasteiger partial charge is 0.273 e. The quantitative estimate of drug-likeness (QED) is 0.490. The van der Waals surface area contributed by atoms with Gasteiger partial charge >= 0.3 is 0 Å². The average Bonchev–Trinajstić information content (AvgIpc) is 2.52. The van der Waals surface area contributed by atoms with E-state index in [1.807, 2.05) is 30.3 Å². The Morgan fingerprint density at radius 1 is 1.24 bits per heavy atom. The summed E-state index contributed by atoms with van der Waals surface area (Å²) in [6.45, 7) is 0.311. The summed E-state index contributed by atoms with van der Waals surface area (Å²) in [5, 5.41) is 21.1. The van der Waals surface area contributed by atoms with Crippen molar-refractivity contribution in [3.05, 3.63) is 69.8 Å². The molecule has 2 rings (SSSR count). The Kier molecular flexibility index (Phi) is 5.30. The summed E-state index contributed by atoms with van der Waals surface area (Å²) in [4.78, 5) is 10.4. The lowest BCUT2D eigenvalue weighted by Gasteiger charge is -2.11. The Labute approximate surface area is 130 Å². The van der Waals surface area contributed by atoms with E-state index >= 15 is 0 Å². The van der Waals surface area contributed by atoms with Crippen LogP contribution in [0, 0.1) is 10.1 Å². The first-order valence-corrected chi connectivity index (χ1v) is 7.42. The predicted molar refractivity (Wildman–Crippen MR) is 82.6 cm³/mol. The van der Waals surface area contributed by atoms with Crippen LogP contribution in [0.5, 0.6) is 5.75 Å². The summed E-state index contributed by atoms with van der Waals surface area (Å²) in [6.07, 6.45) is -0.816. The normalized spacial score (nSPS) is 11.9. The first-order chi connectivity index (χ1) is 10.1. The van der Waals surface area contributed by atoms with Crippen LogP contribution in [0.1, 0.15) is 17.2 Å². The number of hydrogen-bond donors (Lipinski definition) is 1. The Hall–Kier alpha value is -1.92. The molecule has 6 heteroatoms. The molecule has 110 valence electrons. The molecule has 21 heavy (non-hydrogen) atoms. The van der Waals surface area contributed by atoms with Crippen molar-refractivity contribution in [2.24, 2.45) is 0 Å². The zero-order valence-electron chi connectivity index (χ0n) is 11.1. The van der Waals surface area contributed by atoms with Crippen molar-refractivity contribution in [1.29, 1.82) is 0 Å². The predicted octanol–water partition coefficient (Wildman–Crippen LogP) is 3.60. The fraction of sp³-hybridized carbons (Fsp3) is 0.200. The summed E-state index contributed by atoms with van der Waals surface area (Å²) in [6, 6.07) is 13.8. The molecule has 0 aliphatic carbocycles. The van der Waals surface area contributed by atoms with Crippen LogP contribution in [0.2, 0.25) is 0 Å². The second kappa shape index (κ2) is 7.19. The first-order valence-electron chi connectivity index (χ1n) is 6.30. The fourth-order valence-corrected chi connectivity index (χ4v) is 2.19. The zero-order chi connectivity index (χ0) is 15.2. The SMILES string of the molecule is O=[N+]([O-])c1cc(OCc2ccccc2)cc(C(O)CBr)c1. The van der Waals surface area contributed by atoms with Gasteiger partial charge in [0.1, 0.15) is 12.4 Å². The Morgan fingerprint density at radius 2 is 1.95 bits per heavy atom. The largest absolute Gasteiger partial charge is 0.489 e. The molecule has 0 amide bonds. The molecule has 2 aromatic rings. The standard InChI is InChI=1S/C15H14BrNO4/c16-9-15(18)12-6-13(17(19)20)8-14(7-12)21-10-11-4-2-1-3-5-11/h1-8,15,18H,9-10H2. The van der Waals surface area contributed by atoms with Crippen LogP contribution < -0.4 is 4.74 Å². The first kappa shape index (κ1) is 15.5. The number of benzene rings is 2. The van der Waals surface area contributed by atoms with Gasteiger partial charge in [-0.15, -0.1) is 0 Å². The number of hydrogen-bond acceptors (Lipinski definition) is 4. The number of aliphatic hydroxyl groups excluding tert-OH is 1. The Balaban J connectivity index is 2.21. The van der Waals surface area contributed by atoms with Crippen molar-refractivity contribution >= 4 is 21.6 Å². The molecule has 0 saturated heterocycles. The van der Waals surface area contributed by atoms with Gasteiger partial charge in [-0.3, -0.25) is 10.1 Å². The van der Waals surface area contributed by atoms with Gasteiger partial charge in [0.2, 0.25) is 0 Å². The van der Waals surface area contributed by atoms with E-state index in [1.165, 1.54) is 12.1 Å². The zero-order valence-corrected chi connectivity index (χ0v) is 12.7. The van der Waals surface area contributed by atoms with Crippen LogP contribution in [0.15, 0.2) is 48.5 Å². The van der Waals surface area contributed by atoms with Crippen LogP contribution in [0.3, 0.4) is 0 Å². The molecule has 0 bridgehead atoms. The van der Waals surface area contributed by atoms with Crippen molar-refractivity contribution < 1.29 is 14.8 Å². The third-order valence-electron chi connectivity index (χ3n) is 2.90. The minimum absolute atomic E-state index is 0.101. The van der Waals surface area contributed by atoms with Gasteiger partial charge < -0.3 is 9.84 Å². The second-order valence-corrected chi connectivity index (χ2v) is 5.11. The minimum atomic E-state index is -0.816. The third-order valence-corrected chi connectivity index (χ3v) is 3.52. The molecule has 0 spiro atoms. The Bertz CT molecular complexity index is 618. The Morgan fingerprint density at radius 3 is 2.57 bits per heavy atom. The van der Waals surface area contributed by atoms with Crippen molar-refractivity contribution in [1.82, 2.24) is 0 Å². The summed E-state index contributed by atoms with van der Waals surface area (Å²) in [5.41, 5.74) is 1.31. The molecule has 0 aliphatic rings. The van der Waals surface area contributed by atoms with Crippen LogP contribution >= 0.6 is 15.9 Å². The van der Waals surface area contributed by atoms with Gasteiger partial charge in [0.25, 0.3) is 5.69 Å². The van der Waals surface area contributed by atoms with Crippen LogP contribution in [-0.2, 0) is 6.61 Å². The molecule has 0 radical (unpaired) electrons. The maximum atomic E-state index is 10.9. The molecule has 0 aliphatic heterocycles. The van der Waals surface area contributed by atoms with E-state index < -0.39 is 11.0 Å². The van der Waals surface area contributed by atoms with E-state index in [0.29, 0.717) is 23.2 Å². The number of halogens is 1. The summed E-state index contributed by atoms with van der Waals surface area (Å²) >= 11 is 3.15. The van der Waals surface area contributed by atoms with Gasteiger partial charge in [0, 0.05) is 11.4 Å². The number of nitrogens with zero attached hydrogens (tertiary/aromatic N) is 1. The molecule has 2 aromatic carbocycles. The molecule has 1 atom stereocenters. The fourth-order valence-electron chi connectivity index (χ4n) is 1.82. The number of non-ortho nitro benzene ring substituents is 1. The molecule has 0 heterocycles. The van der Waals surface area contributed by atoms with Gasteiger partial charge in [-0.05, 0) is 17.2 Å². The summed E-state index contributed by atoms with van der Waals surface area (Å²) < 4.78 is 5.59. The number of ether oxygens (including phenoxy) is 1. The monoisotopic (exact) mass is 351 g/mol. The lowest BCUT2D eigenvalue weighted by Crippen LogP contribution is -2.02. The number of nitro groups is 1. The molecule has 1 unspecified atom stereocenters. The van der Waals surface area contributed by atoms with E-state index in [-0.39, 0.29) is 5.69 Å². The van der Waals surface area contributed by atoms with Gasteiger partial charge in [0.15, 0.2) is 0 Å². The molecule has 0 aromatic heterocycles. The highest BCUT2D eigenvalue weighted by Gasteiger charge is 2.15. The number of rotatable bonds is 6. The highest BCUT2D eigenvalue weighted by molar-refractivity contribution is 9.09. The van der Waals surface area contributed by atoms with Crippen LogP contribution in [0.4, 0.5) is 5.69 Å². The van der Waals surface area contributed by atoms with E-state index in [1.54, 1.807) is 6.07 Å². The van der Waals surface area contributed by atoms with Crippen molar-refractivity contribution in [3.8, 4) is 5.75 Å². The number of alkyl halides is 1. The summed E-state index contributed by atoms with van der Waals surface area (Å²) in [5.74, 6) is 0.364. The highest BCUT2D eigenvalue weighted by atomic mass is 79.9. The number of aliphatic hydroxyl groups is 1. The van der Waals surface area contributed by atoms with Gasteiger partial charge in [-0.1, -0.05) is 46.3 Å². The lowest BCUT2D eigenvalue weighted by atomic mass is 10.1. The van der Waals surface area contributed by atoms with Crippen molar-refractivity contribution in [3.63, 3.8) is 0 Å². The van der Waals surface area contributed by atoms with Gasteiger partial charge in [0.05, 0.1) is 17.1 Å². The topological polar surface area (TPSA) is 72.6 Å². The van der Waals surface area contributed by atoms with E-state index in [9.17, 15) is 15.2 Å². The number of nitro benzene ring substituents is 1. The maximum absolute atomic E-state index is 10.9. The van der Waals surface area contributed by atoms with E-state index in [0.717, 1.165) is 5.56 Å². The third kappa shape index (κ3) is 4.27. The van der Waals surface area contributed by atoms with Crippen molar-refractivity contribution in [2.45, 2.75) is 12.7 Å². The molecule has 5 nitrogen and oxygen atoms in total. The molecule has 0 saturated carbocycles. The lowest BCUT2D eigenvalue weighted by molar-refractivity contribution is -0.385. The van der Waals surface area contributed by atoms with E-state index in [2.05, 4.69) is 15.9 Å². The van der Waals surface area contributed by atoms with Crippen LogP contribution in [-0.4, -0.2) is 15.4 Å². The second-order valence-electron chi connectivity index (χ2n) is 4.46. The molecule has 0 fully saturated rings. The average molecular weight is 352 g/mol. The molecular weight excluding hydrogens is 338 g/mol. The van der Waals surface area contributed by atoms with Gasteiger partial charge in [-0.25, -0.2) is 0 Å². The minimum Gasteiger partial charge on any atom is -0.489 e.